The van der Waals surface area contributed by atoms with Crippen molar-refractivity contribution in [2.45, 2.75) is 26.7 Å². The van der Waals surface area contributed by atoms with Gasteiger partial charge in [-0.1, -0.05) is 0 Å². The summed E-state index contributed by atoms with van der Waals surface area (Å²) in [6.45, 7) is 4.70. The first-order valence-electron chi connectivity index (χ1n) is 7.81. The molecule has 0 radical (unpaired) electrons. The zero-order chi connectivity index (χ0) is 16.4. The summed E-state index contributed by atoms with van der Waals surface area (Å²) >= 11 is 0. The molecule has 6 nitrogen and oxygen atoms in total. The van der Waals surface area contributed by atoms with Crippen molar-refractivity contribution < 1.29 is 9.18 Å². The molecular weight excluding hydrogens is 297 g/mol. The Labute approximate surface area is 134 Å². The standard InChI is InChI=1S/C16H20FN5O/c1-11-9-12(2)22(20-11)15-4-3-14(18-19-15)16(23)21-7-5-13(10-17)6-8-21/h3-4,9,13H,5-8,10H2,1-2H3. The van der Waals surface area contributed by atoms with Crippen LogP contribution in [0.5, 0.6) is 0 Å². The van der Waals surface area contributed by atoms with Crippen LogP contribution >= 0.6 is 0 Å². The van der Waals surface area contributed by atoms with Crippen molar-refractivity contribution in [1.29, 1.82) is 0 Å². The third-order valence-electron chi connectivity index (χ3n) is 4.22. The summed E-state index contributed by atoms with van der Waals surface area (Å²) in [6.07, 6.45) is 1.42. The average molecular weight is 317 g/mol. The summed E-state index contributed by atoms with van der Waals surface area (Å²) in [4.78, 5) is 14.1. The van der Waals surface area contributed by atoms with Gasteiger partial charge < -0.3 is 4.90 Å². The molecule has 1 amide bonds. The number of amides is 1. The quantitative estimate of drug-likeness (QED) is 0.869. The number of halogens is 1. The van der Waals surface area contributed by atoms with E-state index in [1.807, 2.05) is 19.9 Å². The molecule has 0 N–H and O–H groups in total. The van der Waals surface area contributed by atoms with E-state index in [1.54, 1.807) is 21.7 Å². The predicted octanol–water partition coefficient (Wildman–Crippen LogP) is 2.10. The molecule has 0 bridgehead atoms. The molecule has 1 saturated heterocycles. The van der Waals surface area contributed by atoms with Crippen LogP contribution in [-0.2, 0) is 0 Å². The molecule has 0 unspecified atom stereocenters. The maximum absolute atomic E-state index is 12.6. The van der Waals surface area contributed by atoms with E-state index in [0.717, 1.165) is 11.4 Å². The minimum atomic E-state index is -0.306. The second kappa shape index (κ2) is 6.44. The van der Waals surface area contributed by atoms with Crippen molar-refractivity contribution in [1.82, 2.24) is 24.9 Å². The number of nitrogens with zero attached hydrogens (tertiary/aromatic N) is 5. The molecule has 0 aromatic carbocycles. The highest BCUT2D eigenvalue weighted by Crippen LogP contribution is 2.19. The molecule has 2 aromatic heterocycles. The van der Waals surface area contributed by atoms with E-state index in [9.17, 15) is 9.18 Å². The second-order valence-corrected chi connectivity index (χ2v) is 6.01. The van der Waals surface area contributed by atoms with Crippen molar-refractivity contribution in [2.24, 2.45) is 5.92 Å². The number of alkyl halides is 1. The molecule has 0 spiro atoms. The highest BCUT2D eigenvalue weighted by molar-refractivity contribution is 5.92. The van der Waals surface area contributed by atoms with Crippen molar-refractivity contribution in [2.75, 3.05) is 19.8 Å². The molecule has 2 aromatic rings. The van der Waals surface area contributed by atoms with Gasteiger partial charge in [-0.25, -0.2) is 4.68 Å². The van der Waals surface area contributed by atoms with Crippen molar-refractivity contribution >= 4 is 5.91 Å². The molecule has 7 heteroatoms. The van der Waals surface area contributed by atoms with Crippen LogP contribution in [0.4, 0.5) is 4.39 Å². The highest BCUT2D eigenvalue weighted by Gasteiger charge is 2.24. The fourth-order valence-corrected chi connectivity index (χ4v) is 2.87. The minimum Gasteiger partial charge on any atom is -0.337 e. The Morgan fingerprint density at radius 2 is 2.00 bits per heavy atom. The number of aryl methyl sites for hydroxylation is 2. The highest BCUT2D eigenvalue weighted by atomic mass is 19.1. The SMILES string of the molecule is Cc1cc(C)n(-c2ccc(C(=O)N3CCC(CF)CC3)nn2)n1. The molecule has 1 fully saturated rings. The lowest BCUT2D eigenvalue weighted by molar-refractivity contribution is 0.0670. The normalized spacial score (nSPS) is 15.9. The molecule has 3 rings (SSSR count). The zero-order valence-electron chi connectivity index (χ0n) is 13.4. The molecule has 122 valence electrons. The van der Waals surface area contributed by atoms with Crippen molar-refractivity contribution in [3.8, 4) is 5.82 Å². The van der Waals surface area contributed by atoms with Crippen LogP contribution in [0.25, 0.3) is 5.82 Å². The summed E-state index contributed by atoms with van der Waals surface area (Å²) in [5.74, 6) is 0.525. The van der Waals surface area contributed by atoms with Gasteiger partial charge in [-0.15, -0.1) is 10.2 Å². The molecule has 3 heterocycles. The minimum absolute atomic E-state index is 0.0820. The Morgan fingerprint density at radius 1 is 1.26 bits per heavy atom. The summed E-state index contributed by atoms with van der Waals surface area (Å²) in [5.41, 5.74) is 2.18. The Kier molecular flexibility index (Phi) is 4.36. The van der Waals surface area contributed by atoms with Crippen molar-refractivity contribution in [3.05, 3.63) is 35.3 Å². The Hall–Kier alpha value is -2.31. The summed E-state index contributed by atoms with van der Waals surface area (Å²) in [7, 11) is 0. The zero-order valence-corrected chi connectivity index (χ0v) is 13.4. The van der Waals surface area contributed by atoms with Gasteiger partial charge in [0.05, 0.1) is 12.4 Å². The number of hydrogen-bond donors (Lipinski definition) is 0. The molecular formula is C16H20FN5O. The van der Waals surface area contributed by atoms with Crippen LogP contribution in [0.15, 0.2) is 18.2 Å². The molecule has 1 aliphatic heterocycles. The maximum Gasteiger partial charge on any atom is 0.274 e. The van der Waals surface area contributed by atoms with Crippen LogP contribution in [0.2, 0.25) is 0 Å². The number of carbonyl (C=O) groups excluding carboxylic acids is 1. The van der Waals surface area contributed by atoms with Crippen LogP contribution in [0, 0.1) is 19.8 Å². The number of piperidine rings is 1. The van der Waals surface area contributed by atoms with Gasteiger partial charge in [0.15, 0.2) is 11.5 Å². The third-order valence-corrected chi connectivity index (χ3v) is 4.22. The first-order valence-corrected chi connectivity index (χ1v) is 7.81. The van der Waals surface area contributed by atoms with Crippen LogP contribution in [0.3, 0.4) is 0 Å². The van der Waals surface area contributed by atoms with E-state index in [1.165, 1.54) is 0 Å². The summed E-state index contributed by atoms with van der Waals surface area (Å²) in [6, 6.07) is 5.37. The number of aromatic nitrogens is 4. The van der Waals surface area contributed by atoms with Gasteiger partial charge in [-0.3, -0.25) is 9.18 Å². The summed E-state index contributed by atoms with van der Waals surface area (Å²) in [5, 5.41) is 12.5. The fraction of sp³-hybridized carbons (Fsp3) is 0.500. The molecule has 0 atom stereocenters. The van der Waals surface area contributed by atoms with Gasteiger partial charge in [0.2, 0.25) is 0 Å². The number of carbonyl (C=O) groups is 1. The molecule has 23 heavy (non-hydrogen) atoms. The predicted molar refractivity (Wildman–Crippen MR) is 83.2 cm³/mol. The fourth-order valence-electron chi connectivity index (χ4n) is 2.87. The monoisotopic (exact) mass is 317 g/mol. The largest absolute Gasteiger partial charge is 0.337 e. The molecule has 1 aliphatic rings. The lowest BCUT2D eigenvalue weighted by Crippen LogP contribution is -2.39. The van der Waals surface area contributed by atoms with Gasteiger partial charge in [0, 0.05) is 18.8 Å². The topological polar surface area (TPSA) is 63.9 Å². The third kappa shape index (κ3) is 3.23. The average Bonchev–Trinajstić information content (AvgIpc) is 2.93. The molecule has 0 aliphatic carbocycles. The van der Waals surface area contributed by atoms with Gasteiger partial charge in [-0.05, 0) is 50.8 Å². The number of likely N-dealkylation sites (tertiary alicyclic amines) is 1. The number of rotatable bonds is 3. The molecule has 0 saturated carbocycles. The van der Waals surface area contributed by atoms with Gasteiger partial charge in [0.25, 0.3) is 5.91 Å². The van der Waals surface area contributed by atoms with E-state index in [2.05, 4.69) is 15.3 Å². The Balaban J connectivity index is 1.72. The maximum atomic E-state index is 12.6. The van der Waals surface area contributed by atoms with Crippen LogP contribution in [0.1, 0.15) is 34.7 Å². The van der Waals surface area contributed by atoms with Crippen molar-refractivity contribution in [3.63, 3.8) is 0 Å². The van der Waals surface area contributed by atoms with E-state index in [0.29, 0.717) is 37.4 Å². The van der Waals surface area contributed by atoms with E-state index in [-0.39, 0.29) is 18.5 Å². The Morgan fingerprint density at radius 3 is 2.52 bits per heavy atom. The van der Waals surface area contributed by atoms with Gasteiger partial charge >= 0.3 is 0 Å². The van der Waals surface area contributed by atoms with Crippen LogP contribution < -0.4 is 0 Å². The van der Waals surface area contributed by atoms with Gasteiger partial charge in [-0.2, -0.15) is 5.10 Å². The Bertz CT molecular complexity index is 689. The lowest BCUT2D eigenvalue weighted by atomic mass is 9.98. The van der Waals surface area contributed by atoms with E-state index >= 15 is 0 Å². The van der Waals surface area contributed by atoms with E-state index in [4.69, 9.17) is 0 Å². The lowest BCUT2D eigenvalue weighted by Gasteiger charge is -2.30. The summed E-state index contributed by atoms with van der Waals surface area (Å²) < 4.78 is 14.3. The first-order chi connectivity index (χ1) is 11.1. The smallest absolute Gasteiger partial charge is 0.274 e. The second-order valence-electron chi connectivity index (χ2n) is 6.01. The van der Waals surface area contributed by atoms with Crippen LogP contribution in [-0.4, -0.2) is 50.5 Å². The number of hydrogen-bond acceptors (Lipinski definition) is 4. The van der Waals surface area contributed by atoms with E-state index < -0.39 is 0 Å². The van der Waals surface area contributed by atoms with Gasteiger partial charge in [0.1, 0.15) is 0 Å². The first kappa shape index (κ1) is 15.6.